The van der Waals surface area contributed by atoms with Gasteiger partial charge in [0.2, 0.25) is 15.9 Å². The maximum Gasteiger partial charge on any atom is 0.245 e. The number of pyridine rings is 1. The molecule has 9 nitrogen and oxygen atoms in total. The van der Waals surface area contributed by atoms with Crippen molar-refractivity contribution in [2.24, 2.45) is 5.14 Å². The summed E-state index contributed by atoms with van der Waals surface area (Å²) < 4.78 is 24.7. The van der Waals surface area contributed by atoms with Gasteiger partial charge in [-0.15, -0.1) is 16.4 Å². The van der Waals surface area contributed by atoms with Crippen LogP contribution in [0.5, 0.6) is 0 Å². The number of rotatable bonds is 9. The summed E-state index contributed by atoms with van der Waals surface area (Å²) in [6.07, 6.45) is 3.86. The van der Waals surface area contributed by atoms with Crippen molar-refractivity contribution in [3.05, 3.63) is 108 Å². The third-order valence-corrected chi connectivity index (χ3v) is 7.94. The Hall–Kier alpha value is -4.19. The maximum atomic E-state index is 13.4. The number of nitrogens with two attached hydrogens (primary N) is 1. The monoisotopic (exact) mass is 544 g/mol. The molecular weight excluding hydrogens is 520 g/mol. The van der Waals surface area contributed by atoms with Crippen LogP contribution in [0.3, 0.4) is 0 Å². The predicted molar refractivity (Wildman–Crippen MR) is 145 cm³/mol. The first kappa shape index (κ1) is 25.5. The van der Waals surface area contributed by atoms with Crippen LogP contribution in [-0.2, 0) is 27.8 Å². The Morgan fingerprint density at radius 1 is 0.947 bits per heavy atom. The van der Waals surface area contributed by atoms with Crippen molar-refractivity contribution in [1.82, 2.24) is 25.3 Å². The number of benzene rings is 2. The van der Waals surface area contributed by atoms with E-state index in [2.05, 4.69) is 20.6 Å². The average Bonchev–Trinajstić information content (AvgIpc) is 3.62. The first-order valence-electron chi connectivity index (χ1n) is 11.7. The Bertz CT molecular complexity index is 1630. The fraction of sp³-hybridized carbons (Fsp3) is 0.111. The van der Waals surface area contributed by atoms with Gasteiger partial charge in [0.25, 0.3) is 0 Å². The quantitative estimate of drug-likeness (QED) is 0.290. The smallest absolute Gasteiger partial charge is 0.245 e. The molecule has 0 saturated heterocycles. The fourth-order valence-corrected chi connectivity index (χ4v) is 5.37. The van der Waals surface area contributed by atoms with E-state index in [1.54, 1.807) is 40.5 Å². The van der Waals surface area contributed by atoms with Gasteiger partial charge in [-0.1, -0.05) is 53.7 Å². The van der Waals surface area contributed by atoms with Gasteiger partial charge in [0.15, 0.2) is 0 Å². The number of nitrogens with one attached hydrogen (secondary N) is 1. The molecule has 3 aromatic heterocycles. The second kappa shape index (κ2) is 11.1. The molecule has 0 bridgehead atoms. The van der Waals surface area contributed by atoms with E-state index in [1.165, 1.54) is 12.1 Å². The number of aromatic nitrogens is 4. The molecule has 1 unspecified atom stereocenters. The lowest BCUT2D eigenvalue weighted by Crippen LogP contribution is -2.33. The van der Waals surface area contributed by atoms with Gasteiger partial charge in [-0.2, -0.15) is 0 Å². The summed E-state index contributed by atoms with van der Waals surface area (Å²) in [5.74, 6) is -0.192. The molecule has 1 amide bonds. The zero-order valence-corrected chi connectivity index (χ0v) is 21.8. The summed E-state index contributed by atoms with van der Waals surface area (Å²) in [5, 5.41) is 16.7. The minimum Gasteiger partial charge on any atom is -0.349 e. The molecule has 3 heterocycles. The van der Waals surface area contributed by atoms with Crippen LogP contribution in [0.2, 0.25) is 0 Å². The van der Waals surface area contributed by atoms with E-state index >= 15 is 0 Å². The van der Waals surface area contributed by atoms with E-state index in [1.807, 2.05) is 60.7 Å². The van der Waals surface area contributed by atoms with Crippen LogP contribution in [0.1, 0.15) is 16.5 Å². The number of carbonyl (C=O) groups is 1. The summed E-state index contributed by atoms with van der Waals surface area (Å²) >= 11 is 1.58. The highest BCUT2D eigenvalue weighted by Gasteiger charge is 2.23. The molecule has 192 valence electrons. The summed E-state index contributed by atoms with van der Waals surface area (Å²) in [6, 6.07) is 24.9. The third kappa shape index (κ3) is 6.02. The van der Waals surface area contributed by atoms with Crippen molar-refractivity contribution in [3.8, 4) is 21.8 Å². The van der Waals surface area contributed by atoms with E-state index in [4.69, 9.17) is 5.14 Å². The second-order valence-corrected chi connectivity index (χ2v) is 11.3. The van der Waals surface area contributed by atoms with Gasteiger partial charge in [0.05, 0.1) is 28.2 Å². The Kier molecular flexibility index (Phi) is 7.40. The van der Waals surface area contributed by atoms with E-state index in [0.717, 1.165) is 21.0 Å². The molecule has 2 aromatic carbocycles. The molecule has 3 N–H and O–H groups in total. The van der Waals surface area contributed by atoms with Crippen LogP contribution in [-0.4, -0.2) is 34.3 Å². The van der Waals surface area contributed by atoms with E-state index < -0.39 is 16.1 Å². The molecule has 1 atom stereocenters. The van der Waals surface area contributed by atoms with E-state index in [0.29, 0.717) is 24.2 Å². The summed E-state index contributed by atoms with van der Waals surface area (Å²) in [6.45, 7) is 0.373. The predicted octanol–water partition coefficient (Wildman–Crippen LogP) is 3.82. The minimum absolute atomic E-state index is 0.00903. The Balaban J connectivity index is 1.35. The van der Waals surface area contributed by atoms with Gasteiger partial charge < -0.3 is 5.32 Å². The topological polar surface area (TPSA) is 133 Å². The van der Waals surface area contributed by atoms with Crippen LogP contribution >= 0.6 is 11.3 Å². The van der Waals surface area contributed by atoms with Crippen LogP contribution < -0.4 is 10.5 Å². The number of hydrogen-bond acceptors (Lipinski definition) is 7. The number of nitrogens with zero attached hydrogens (tertiary/aromatic N) is 4. The number of amides is 1. The standard InChI is InChI=1S/C27H24N6O3S2/c28-38(35,36)22-12-9-20(10-13-22)24-18-33(32-31-24)25(16-19-6-2-1-3-7-19)27(34)30-17-21-11-14-26(37-21)23-8-4-5-15-29-23/h1-15,18,25H,16-17H2,(H,30,34)(H2,28,35,36). The highest BCUT2D eigenvalue weighted by atomic mass is 32.2. The largest absolute Gasteiger partial charge is 0.349 e. The summed E-state index contributed by atoms with van der Waals surface area (Å²) in [7, 11) is -3.80. The van der Waals surface area contributed by atoms with Crippen LogP contribution in [0.4, 0.5) is 0 Å². The van der Waals surface area contributed by atoms with Gasteiger partial charge in [-0.3, -0.25) is 9.78 Å². The first-order valence-corrected chi connectivity index (χ1v) is 14.1. The summed E-state index contributed by atoms with van der Waals surface area (Å²) in [5.41, 5.74) is 3.04. The van der Waals surface area contributed by atoms with Crippen molar-refractivity contribution < 1.29 is 13.2 Å². The van der Waals surface area contributed by atoms with Gasteiger partial charge in [-0.25, -0.2) is 18.2 Å². The highest BCUT2D eigenvalue weighted by Crippen LogP contribution is 2.27. The highest BCUT2D eigenvalue weighted by molar-refractivity contribution is 7.89. The molecule has 11 heteroatoms. The number of thiophene rings is 1. The molecule has 0 spiro atoms. The van der Waals surface area contributed by atoms with Crippen molar-refractivity contribution in [3.63, 3.8) is 0 Å². The lowest BCUT2D eigenvalue weighted by atomic mass is 10.1. The zero-order valence-electron chi connectivity index (χ0n) is 20.1. The minimum atomic E-state index is -3.80. The first-order chi connectivity index (χ1) is 18.4. The van der Waals surface area contributed by atoms with Crippen LogP contribution in [0, 0.1) is 0 Å². The number of carbonyl (C=O) groups excluding carboxylic acids is 1. The van der Waals surface area contributed by atoms with Crippen LogP contribution in [0.25, 0.3) is 21.8 Å². The normalized spacial score (nSPS) is 12.2. The molecular formula is C27H24N6O3S2. The Morgan fingerprint density at radius 2 is 1.71 bits per heavy atom. The van der Waals surface area contributed by atoms with Gasteiger partial charge in [0.1, 0.15) is 11.7 Å². The van der Waals surface area contributed by atoms with Crippen molar-refractivity contribution >= 4 is 27.3 Å². The summed E-state index contributed by atoms with van der Waals surface area (Å²) in [4.78, 5) is 19.8. The van der Waals surface area contributed by atoms with Crippen molar-refractivity contribution in [2.45, 2.75) is 23.9 Å². The molecule has 0 radical (unpaired) electrons. The lowest BCUT2D eigenvalue weighted by Gasteiger charge is -2.17. The van der Waals surface area contributed by atoms with Gasteiger partial charge in [0, 0.05) is 23.1 Å². The molecule has 0 aliphatic carbocycles. The van der Waals surface area contributed by atoms with Gasteiger partial charge >= 0.3 is 0 Å². The van der Waals surface area contributed by atoms with E-state index in [-0.39, 0.29) is 10.8 Å². The molecule has 5 rings (SSSR count). The Morgan fingerprint density at radius 3 is 2.42 bits per heavy atom. The number of sulfonamides is 1. The average molecular weight is 545 g/mol. The lowest BCUT2D eigenvalue weighted by molar-refractivity contribution is -0.124. The molecule has 0 aliphatic rings. The number of hydrogen-bond donors (Lipinski definition) is 2. The van der Waals surface area contributed by atoms with Crippen molar-refractivity contribution in [2.75, 3.05) is 0 Å². The molecule has 0 saturated carbocycles. The van der Waals surface area contributed by atoms with Crippen LogP contribution in [0.15, 0.2) is 102 Å². The molecule has 0 aliphatic heterocycles. The molecule has 5 aromatic rings. The third-order valence-electron chi connectivity index (χ3n) is 5.90. The molecule has 38 heavy (non-hydrogen) atoms. The SMILES string of the molecule is NS(=O)(=O)c1ccc(-c2cn(C(Cc3ccccc3)C(=O)NCc3ccc(-c4ccccn4)s3)nn2)cc1. The van der Waals surface area contributed by atoms with Crippen molar-refractivity contribution in [1.29, 1.82) is 0 Å². The fourth-order valence-electron chi connectivity index (χ4n) is 3.93. The molecule has 0 fully saturated rings. The Labute approximate surface area is 224 Å². The number of primary sulfonamides is 1. The van der Waals surface area contributed by atoms with E-state index in [9.17, 15) is 13.2 Å². The zero-order chi connectivity index (χ0) is 26.5. The second-order valence-electron chi connectivity index (χ2n) is 8.56. The maximum absolute atomic E-state index is 13.4. The van der Waals surface area contributed by atoms with Gasteiger partial charge in [-0.05, 0) is 42.0 Å².